The molecule has 0 unspecified atom stereocenters. The number of benzene rings is 1. The van der Waals surface area contributed by atoms with Crippen molar-refractivity contribution in [1.29, 1.82) is 0 Å². The smallest absolute Gasteiger partial charge is 0.263 e. The topological polar surface area (TPSA) is 68.0 Å². The van der Waals surface area contributed by atoms with E-state index in [1.54, 1.807) is 0 Å². The third-order valence-corrected chi connectivity index (χ3v) is 5.73. The van der Waals surface area contributed by atoms with Crippen LogP contribution in [0.3, 0.4) is 0 Å². The number of carbonyl (C=O) groups excluding carboxylic acids is 1. The first kappa shape index (κ1) is 16.1. The summed E-state index contributed by atoms with van der Waals surface area (Å²) in [7, 11) is 0. The number of aromatic nitrogens is 1. The lowest BCUT2D eigenvalue weighted by Crippen LogP contribution is -2.51. The van der Waals surface area contributed by atoms with Gasteiger partial charge in [-0.25, -0.2) is 4.98 Å². The predicted octanol–water partition coefficient (Wildman–Crippen LogP) is 3.04. The van der Waals surface area contributed by atoms with Gasteiger partial charge in [0.2, 0.25) is 0 Å². The summed E-state index contributed by atoms with van der Waals surface area (Å²) in [4.78, 5) is 17.9. The van der Waals surface area contributed by atoms with Gasteiger partial charge in [0.1, 0.15) is 4.88 Å². The molecule has 3 N–H and O–H groups in total. The summed E-state index contributed by atoms with van der Waals surface area (Å²) in [5.41, 5.74) is 7.72. The molecule has 1 fully saturated rings. The zero-order valence-corrected chi connectivity index (χ0v) is 14.3. The highest BCUT2D eigenvalue weighted by Gasteiger charge is 2.34. The lowest BCUT2D eigenvalue weighted by atomic mass is 9.98. The largest absolute Gasteiger partial charge is 0.345 e. The molecule has 3 rings (SSSR count). The lowest BCUT2D eigenvalue weighted by Gasteiger charge is -2.28. The average Bonchev–Trinajstić information content (AvgIpc) is 3.16. The Bertz CT molecular complexity index is 675. The van der Waals surface area contributed by atoms with E-state index in [9.17, 15) is 4.79 Å². The molecule has 1 aromatic heterocycles. The fourth-order valence-electron chi connectivity index (χ4n) is 3.24. The maximum absolute atomic E-state index is 12.7. The molecule has 1 heterocycles. The number of aryl methyl sites for hydroxylation is 1. The fraction of sp³-hybridized carbons (Fsp3) is 0.444. The quantitative estimate of drug-likeness (QED) is 0.886. The van der Waals surface area contributed by atoms with Gasteiger partial charge in [-0.2, -0.15) is 0 Å². The van der Waals surface area contributed by atoms with Crippen LogP contribution in [-0.2, 0) is 6.42 Å². The van der Waals surface area contributed by atoms with Crippen molar-refractivity contribution < 1.29 is 4.79 Å². The molecule has 4 nitrogen and oxygen atoms in total. The van der Waals surface area contributed by atoms with Gasteiger partial charge in [-0.05, 0) is 25.3 Å². The molecule has 1 aromatic carbocycles. The molecule has 1 aliphatic rings. The standard InChI is InChI=1S/C18H23N3OS/c1-13-16(17(22)21-18(12-19)9-5-6-10-18)23-15(20-13)11-14-7-3-2-4-8-14/h2-4,7-8H,5-6,9-12,19H2,1H3,(H,21,22). The van der Waals surface area contributed by atoms with Crippen LogP contribution in [0.25, 0.3) is 0 Å². The van der Waals surface area contributed by atoms with Gasteiger partial charge in [0, 0.05) is 13.0 Å². The number of nitrogens with two attached hydrogens (primary N) is 1. The number of hydrogen-bond acceptors (Lipinski definition) is 4. The van der Waals surface area contributed by atoms with Gasteiger partial charge < -0.3 is 11.1 Å². The number of amides is 1. The number of thiazole rings is 1. The van der Waals surface area contributed by atoms with Gasteiger partial charge in [0.05, 0.1) is 16.2 Å². The van der Waals surface area contributed by atoms with Crippen LogP contribution in [0.1, 0.15) is 51.6 Å². The summed E-state index contributed by atoms with van der Waals surface area (Å²) in [5, 5.41) is 4.16. The Balaban J connectivity index is 1.74. The zero-order chi connectivity index (χ0) is 16.3. The van der Waals surface area contributed by atoms with Crippen LogP contribution >= 0.6 is 11.3 Å². The molecule has 23 heavy (non-hydrogen) atoms. The molecule has 122 valence electrons. The van der Waals surface area contributed by atoms with Gasteiger partial charge in [-0.1, -0.05) is 43.2 Å². The normalized spacial score (nSPS) is 16.4. The molecule has 5 heteroatoms. The van der Waals surface area contributed by atoms with Crippen LogP contribution in [-0.4, -0.2) is 23.0 Å². The number of carbonyl (C=O) groups is 1. The van der Waals surface area contributed by atoms with Crippen LogP contribution in [0.2, 0.25) is 0 Å². The van der Waals surface area contributed by atoms with Crippen LogP contribution in [0.5, 0.6) is 0 Å². The number of nitrogens with zero attached hydrogens (tertiary/aromatic N) is 1. The van der Waals surface area contributed by atoms with E-state index in [0.29, 0.717) is 6.54 Å². The van der Waals surface area contributed by atoms with Crippen LogP contribution < -0.4 is 11.1 Å². The van der Waals surface area contributed by atoms with E-state index in [1.165, 1.54) is 16.9 Å². The first-order valence-electron chi connectivity index (χ1n) is 8.15. The molecule has 0 atom stereocenters. The summed E-state index contributed by atoms with van der Waals surface area (Å²) in [5.74, 6) is -0.0216. The van der Waals surface area contributed by atoms with E-state index in [4.69, 9.17) is 5.73 Å². The second-order valence-electron chi connectivity index (χ2n) is 6.33. The Morgan fingerprint density at radius 3 is 2.65 bits per heavy atom. The number of hydrogen-bond donors (Lipinski definition) is 2. The molecular formula is C18H23N3OS. The van der Waals surface area contributed by atoms with E-state index in [0.717, 1.165) is 47.7 Å². The highest BCUT2D eigenvalue weighted by atomic mass is 32.1. The molecule has 1 aliphatic carbocycles. The highest BCUT2D eigenvalue weighted by Crippen LogP contribution is 2.30. The predicted molar refractivity (Wildman–Crippen MR) is 93.8 cm³/mol. The molecular weight excluding hydrogens is 306 g/mol. The summed E-state index contributed by atoms with van der Waals surface area (Å²) in [6.07, 6.45) is 4.99. The summed E-state index contributed by atoms with van der Waals surface area (Å²) in [6, 6.07) is 10.2. The minimum Gasteiger partial charge on any atom is -0.345 e. The van der Waals surface area contributed by atoms with Gasteiger partial charge in [-0.3, -0.25) is 4.79 Å². The van der Waals surface area contributed by atoms with Crippen LogP contribution in [0.4, 0.5) is 0 Å². The SMILES string of the molecule is Cc1nc(Cc2ccccc2)sc1C(=O)NC1(CN)CCCC1. The van der Waals surface area contributed by atoms with Crippen molar-refractivity contribution in [3.63, 3.8) is 0 Å². The summed E-state index contributed by atoms with van der Waals surface area (Å²) < 4.78 is 0. The monoisotopic (exact) mass is 329 g/mol. The lowest BCUT2D eigenvalue weighted by molar-refractivity contribution is 0.0906. The first-order chi connectivity index (χ1) is 11.1. The maximum Gasteiger partial charge on any atom is 0.263 e. The van der Waals surface area contributed by atoms with Gasteiger partial charge in [-0.15, -0.1) is 11.3 Å². The van der Waals surface area contributed by atoms with E-state index in [1.807, 2.05) is 25.1 Å². The van der Waals surface area contributed by atoms with Crippen molar-refractivity contribution in [1.82, 2.24) is 10.3 Å². The molecule has 1 amide bonds. The molecule has 1 saturated carbocycles. The Kier molecular flexibility index (Phi) is 4.78. The summed E-state index contributed by atoms with van der Waals surface area (Å²) >= 11 is 1.49. The van der Waals surface area contributed by atoms with Crippen molar-refractivity contribution in [2.75, 3.05) is 6.54 Å². The highest BCUT2D eigenvalue weighted by molar-refractivity contribution is 7.13. The third-order valence-electron chi connectivity index (χ3n) is 4.58. The minimum absolute atomic E-state index is 0.0216. The number of nitrogens with one attached hydrogen (secondary N) is 1. The van der Waals surface area contributed by atoms with E-state index < -0.39 is 0 Å². The van der Waals surface area contributed by atoms with Crippen molar-refractivity contribution in [2.45, 2.75) is 44.6 Å². The van der Waals surface area contributed by atoms with Gasteiger partial charge >= 0.3 is 0 Å². The van der Waals surface area contributed by atoms with E-state index in [2.05, 4.69) is 22.4 Å². The third kappa shape index (κ3) is 3.62. The average molecular weight is 329 g/mol. The van der Waals surface area contributed by atoms with Crippen molar-refractivity contribution in [3.05, 3.63) is 51.5 Å². The van der Waals surface area contributed by atoms with Crippen LogP contribution in [0, 0.1) is 6.92 Å². The van der Waals surface area contributed by atoms with Crippen molar-refractivity contribution in [3.8, 4) is 0 Å². The Morgan fingerprint density at radius 2 is 2.00 bits per heavy atom. The Morgan fingerprint density at radius 1 is 1.30 bits per heavy atom. The Labute approximate surface area is 141 Å². The molecule has 0 aliphatic heterocycles. The number of rotatable bonds is 5. The molecule has 0 bridgehead atoms. The van der Waals surface area contributed by atoms with Crippen LogP contribution in [0.15, 0.2) is 30.3 Å². The molecule has 2 aromatic rings. The Hall–Kier alpha value is -1.72. The van der Waals surface area contributed by atoms with E-state index >= 15 is 0 Å². The summed E-state index contributed by atoms with van der Waals surface area (Å²) in [6.45, 7) is 2.41. The zero-order valence-electron chi connectivity index (χ0n) is 13.5. The first-order valence-corrected chi connectivity index (χ1v) is 8.96. The minimum atomic E-state index is -0.215. The van der Waals surface area contributed by atoms with Crippen molar-refractivity contribution >= 4 is 17.2 Å². The van der Waals surface area contributed by atoms with Gasteiger partial charge in [0.15, 0.2) is 0 Å². The second kappa shape index (κ2) is 6.81. The van der Waals surface area contributed by atoms with E-state index in [-0.39, 0.29) is 11.4 Å². The second-order valence-corrected chi connectivity index (χ2v) is 7.41. The van der Waals surface area contributed by atoms with Crippen molar-refractivity contribution in [2.24, 2.45) is 5.73 Å². The molecule has 0 saturated heterocycles. The molecule has 0 radical (unpaired) electrons. The fourth-order valence-corrected chi connectivity index (χ4v) is 4.23. The van der Waals surface area contributed by atoms with Gasteiger partial charge in [0.25, 0.3) is 5.91 Å². The maximum atomic E-state index is 12.7. The molecule has 0 spiro atoms.